The molecule has 0 bridgehead atoms. The molecule has 102 valence electrons. The molecule has 1 N–H and O–H groups in total. The highest BCUT2D eigenvalue weighted by molar-refractivity contribution is 6.55. The lowest BCUT2D eigenvalue weighted by atomic mass is 10.2. The van der Waals surface area contributed by atoms with Crippen LogP contribution in [0.4, 0.5) is 0 Å². The third-order valence-corrected chi connectivity index (χ3v) is 2.53. The first-order valence-electron chi connectivity index (χ1n) is 4.80. The molecule has 0 saturated carbocycles. The van der Waals surface area contributed by atoms with Crippen molar-refractivity contribution in [2.45, 2.75) is 6.92 Å². The molecule has 0 fully saturated rings. The van der Waals surface area contributed by atoms with Crippen LogP contribution in [0.2, 0.25) is 10.0 Å². The smallest absolute Gasteiger partial charge is 0.308 e. The van der Waals surface area contributed by atoms with E-state index in [9.17, 15) is 9.59 Å². The Balaban J connectivity index is 3.20. The number of carbonyl (C=O) groups excluding carboxylic acids is 2. The lowest BCUT2D eigenvalue weighted by Crippen LogP contribution is -2.19. The standard InChI is InChI=1S/C11H7Cl4NO3/c1-5(17)19-10-7(2-6(12)3-8(10)13)11(18)16-4-9(14)15/h2-4H,1H3,(H,16,18). The Morgan fingerprint density at radius 1 is 1.26 bits per heavy atom. The number of hydrogen-bond donors (Lipinski definition) is 1. The van der Waals surface area contributed by atoms with Crippen molar-refractivity contribution in [1.29, 1.82) is 0 Å². The maximum atomic E-state index is 11.9. The van der Waals surface area contributed by atoms with Gasteiger partial charge in [0.2, 0.25) is 0 Å². The number of halogens is 4. The maximum Gasteiger partial charge on any atom is 0.308 e. The lowest BCUT2D eigenvalue weighted by Gasteiger charge is -2.10. The van der Waals surface area contributed by atoms with Crippen LogP contribution in [0.15, 0.2) is 22.8 Å². The van der Waals surface area contributed by atoms with Gasteiger partial charge in [0, 0.05) is 18.1 Å². The van der Waals surface area contributed by atoms with Gasteiger partial charge >= 0.3 is 5.97 Å². The van der Waals surface area contributed by atoms with Crippen LogP contribution in [-0.4, -0.2) is 11.9 Å². The molecule has 4 nitrogen and oxygen atoms in total. The number of rotatable bonds is 3. The largest absolute Gasteiger partial charge is 0.424 e. The number of amides is 1. The molecule has 19 heavy (non-hydrogen) atoms. The van der Waals surface area contributed by atoms with Crippen LogP contribution in [0.25, 0.3) is 0 Å². The number of carbonyl (C=O) groups is 2. The van der Waals surface area contributed by atoms with Crippen LogP contribution >= 0.6 is 46.4 Å². The highest BCUT2D eigenvalue weighted by atomic mass is 35.5. The molecule has 0 radical (unpaired) electrons. The Hall–Kier alpha value is -0.940. The highest BCUT2D eigenvalue weighted by Gasteiger charge is 2.18. The first kappa shape index (κ1) is 16.1. The van der Waals surface area contributed by atoms with Crippen LogP contribution in [0.3, 0.4) is 0 Å². The predicted octanol–water partition coefficient (Wildman–Crippen LogP) is 3.93. The van der Waals surface area contributed by atoms with E-state index in [4.69, 9.17) is 51.1 Å². The van der Waals surface area contributed by atoms with Crippen molar-refractivity contribution in [2.75, 3.05) is 0 Å². The molecular formula is C11H7Cl4NO3. The van der Waals surface area contributed by atoms with Crippen molar-refractivity contribution >= 4 is 58.3 Å². The third kappa shape index (κ3) is 4.91. The zero-order chi connectivity index (χ0) is 14.6. The van der Waals surface area contributed by atoms with E-state index < -0.39 is 11.9 Å². The Morgan fingerprint density at radius 2 is 1.89 bits per heavy atom. The summed E-state index contributed by atoms with van der Waals surface area (Å²) in [5.74, 6) is -1.33. The van der Waals surface area contributed by atoms with Gasteiger partial charge in [-0.25, -0.2) is 0 Å². The Kier molecular flexibility index (Phi) is 5.94. The minimum absolute atomic E-state index is 0.0152. The Morgan fingerprint density at radius 3 is 2.42 bits per heavy atom. The SMILES string of the molecule is CC(=O)Oc1c(Cl)cc(Cl)cc1C(=O)NC=C(Cl)Cl. The normalized spacial score (nSPS) is 9.74. The van der Waals surface area contributed by atoms with E-state index in [1.807, 2.05) is 0 Å². The molecule has 0 heterocycles. The van der Waals surface area contributed by atoms with Crippen molar-refractivity contribution in [2.24, 2.45) is 0 Å². The summed E-state index contributed by atoms with van der Waals surface area (Å²) in [4.78, 5) is 22.9. The van der Waals surface area contributed by atoms with Crippen LogP contribution in [0.5, 0.6) is 5.75 Å². The fourth-order valence-electron chi connectivity index (χ4n) is 1.17. The Bertz CT molecular complexity index is 553. The van der Waals surface area contributed by atoms with Crippen LogP contribution in [0.1, 0.15) is 17.3 Å². The van der Waals surface area contributed by atoms with Crippen molar-refractivity contribution in [3.05, 3.63) is 38.4 Å². The molecule has 0 saturated heterocycles. The summed E-state index contributed by atoms with van der Waals surface area (Å²) >= 11 is 22.4. The van der Waals surface area contributed by atoms with E-state index in [1.165, 1.54) is 19.1 Å². The number of esters is 1. The number of benzene rings is 1. The van der Waals surface area contributed by atoms with Gasteiger partial charge in [-0.3, -0.25) is 9.59 Å². The Labute approximate surface area is 129 Å². The first-order chi connectivity index (χ1) is 8.81. The third-order valence-electron chi connectivity index (χ3n) is 1.81. The first-order valence-corrected chi connectivity index (χ1v) is 6.32. The summed E-state index contributed by atoms with van der Waals surface area (Å²) in [6.07, 6.45) is 1.07. The molecule has 1 rings (SSSR count). The second-order valence-electron chi connectivity index (χ2n) is 3.27. The van der Waals surface area contributed by atoms with Crippen molar-refractivity contribution in [3.63, 3.8) is 0 Å². The quantitative estimate of drug-likeness (QED) is 0.669. The molecule has 0 atom stereocenters. The molecule has 1 aromatic carbocycles. The van der Waals surface area contributed by atoms with Gasteiger partial charge in [-0.2, -0.15) is 0 Å². The molecule has 0 unspecified atom stereocenters. The summed E-state index contributed by atoms with van der Waals surface area (Å²) in [5.41, 5.74) is -0.0152. The molecule has 1 aromatic rings. The van der Waals surface area contributed by atoms with E-state index in [-0.39, 0.29) is 25.8 Å². The van der Waals surface area contributed by atoms with E-state index in [0.29, 0.717) is 0 Å². The molecule has 0 aliphatic rings. The van der Waals surface area contributed by atoms with Crippen LogP contribution in [0, 0.1) is 0 Å². The molecule has 8 heteroatoms. The molecular weight excluding hydrogens is 336 g/mol. The van der Waals surface area contributed by atoms with E-state index in [1.54, 1.807) is 0 Å². The zero-order valence-electron chi connectivity index (χ0n) is 9.47. The average molecular weight is 343 g/mol. The number of nitrogens with one attached hydrogen (secondary N) is 1. The van der Waals surface area contributed by atoms with Gasteiger partial charge in [-0.1, -0.05) is 46.4 Å². The van der Waals surface area contributed by atoms with Crippen LogP contribution in [-0.2, 0) is 4.79 Å². The maximum absolute atomic E-state index is 11.9. The van der Waals surface area contributed by atoms with Crippen molar-refractivity contribution in [3.8, 4) is 5.75 Å². The zero-order valence-corrected chi connectivity index (χ0v) is 12.5. The minimum Gasteiger partial charge on any atom is -0.424 e. The summed E-state index contributed by atoms with van der Waals surface area (Å²) in [6, 6.07) is 2.65. The average Bonchev–Trinajstić information content (AvgIpc) is 2.28. The van der Waals surface area contributed by atoms with Gasteiger partial charge < -0.3 is 10.1 Å². The topological polar surface area (TPSA) is 55.4 Å². The molecule has 0 aliphatic carbocycles. The van der Waals surface area contributed by atoms with Gasteiger partial charge in [-0.15, -0.1) is 0 Å². The fourth-order valence-corrected chi connectivity index (χ4v) is 1.82. The van der Waals surface area contributed by atoms with Gasteiger partial charge in [0.1, 0.15) is 4.49 Å². The van der Waals surface area contributed by atoms with Crippen molar-refractivity contribution < 1.29 is 14.3 Å². The molecule has 1 amide bonds. The van der Waals surface area contributed by atoms with Crippen LogP contribution < -0.4 is 10.1 Å². The van der Waals surface area contributed by atoms with Gasteiger partial charge in [0.25, 0.3) is 5.91 Å². The number of ether oxygens (including phenoxy) is 1. The second kappa shape index (κ2) is 7.01. The molecule has 0 spiro atoms. The molecule has 0 aromatic heterocycles. The monoisotopic (exact) mass is 341 g/mol. The summed E-state index contributed by atoms with van der Waals surface area (Å²) < 4.78 is 4.74. The van der Waals surface area contributed by atoms with E-state index >= 15 is 0 Å². The lowest BCUT2D eigenvalue weighted by molar-refractivity contribution is -0.131. The highest BCUT2D eigenvalue weighted by Crippen LogP contribution is 2.32. The summed E-state index contributed by atoms with van der Waals surface area (Å²) in [7, 11) is 0. The van der Waals surface area contributed by atoms with Gasteiger partial charge in [-0.05, 0) is 12.1 Å². The molecule has 0 aliphatic heterocycles. The predicted molar refractivity (Wildman–Crippen MR) is 75.0 cm³/mol. The van der Waals surface area contributed by atoms with Gasteiger partial charge in [0.15, 0.2) is 5.75 Å². The number of hydrogen-bond acceptors (Lipinski definition) is 3. The van der Waals surface area contributed by atoms with E-state index in [2.05, 4.69) is 5.32 Å². The van der Waals surface area contributed by atoms with E-state index in [0.717, 1.165) is 6.20 Å². The second-order valence-corrected chi connectivity index (χ2v) is 5.12. The summed E-state index contributed by atoms with van der Waals surface area (Å²) in [6.45, 7) is 1.18. The summed E-state index contributed by atoms with van der Waals surface area (Å²) in [5, 5.41) is 2.54. The van der Waals surface area contributed by atoms with Crippen molar-refractivity contribution in [1.82, 2.24) is 5.32 Å². The van der Waals surface area contributed by atoms with Gasteiger partial charge in [0.05, 0.1) is 10.6 Å². The minimum atomic E-state index is -0.626. The fraction of sp³-hybridized carbons (Fsp3) is 0.0909.